The van der Waals surface area contributed by atoms with Crippen LogP contribution in [0.1, 0.15) is 55.8 Å². The van der Waals surface area contributed by atoms with Crippen LogP contribution < -0.4 is 20.7 Å². The molecule has 166 valence electrons. The predicted octanol–water partition coefficient (Wildman–Crippen LogP) is 2.88. The number of hydrogen-bond acceptors (Lipinski definition) is 4. The number of fused-ring (bicyclic) bond motifs is 1. The Labute approximate surface area is 182 Å². The Balaban J connectivity index is 0.000000478. The second-order valence-electron chi connectivity index (χ2n) is 7.79. The molecular weight excluding hydrogens is 397 g/mol. The molecule has 4 rings (SSSR count). The molecule has 0 bridgehead atoms. The molecule has 1 fully saturated rings. The van der Waals surface area contributed by atoms with Gasteiger partial charge in [-0.3, -0.25) is 9.59 Å². The molecule has 3 N–H and O–H groups in total. The van der Waals surface area contributed by atoms with Gasteiger partial charge in [0.05, 0.1) is 17.7 Å². The number of carbonyl (C=O) groups is 2. The van der Waals surface area contributed by atoms with Gasteiger partial charge in [0.25, 0.3) is 11.8 Å². The average molecular weight is 428 g/mol. The molecule has 7 heteroatoms. The summed E-state index contributed by atoms with van der Waals surface area (Å²) in [5, 5.41) is 8.44. The van der Waals surface area contributed by atoms with Gasteiger partial charge in [0.15, 0.2) is 0 Å². The standard InChI is InChI=1S/C20H21FN2O3.C4H9N/c1-11-12(2)18-16(20(25)23-6-7-26-18)10-14(11)8-13-4-5-15(17(21)9-13)19(24)22-3;1-2-4-5-3-1/h4-5,9-10H,6-8H2,1-3H3,(H,22,24)(H,23,25);5H,1-4H2. The van der Waals surface area contributed by atoms with Gasteiger partial charge in [-0.25, -0.2) is 4.39 Å². The summed E-state index contributed by atoms with van der Waals surface area (Å²) in [6, 6.07) is 6.38. The maximum absolute atomic E-state index is 14.2. The van der Waals surface area contributed by atoms with E-state index in [9.17, 15) is 14.0 Å². The van der Waals surface area contributed by atoms with Crippen molar-refractivity contribution >= 4 is 11.8 Å². The molecule has 0 aromatic heterocycles. The summed E-state index contributed by atoms with van der Waals surface area (Å²) in [6.07, 6.45) is 3.23. The number of hydrogen-bond donors (Lipinski definition) is 3. The monoisotopic (exact) mass is 427 g/mol. The van der Waals surface area contributed by atoms with Crippen molar-refractivity contribution in [3.05, 3.63) is 63.5 Å². The van der Waals surface area contributed by atoms with E-state index in [0.717, 1.165) is 22.3 Å². The third-order valence-corrected chi connectivity index (χ3v) is 5.68. The van der Waals surface area contributed by atoms with Crippen molar-refractivity contribution in [3.63, 3.8) is 0 Å². The zero-order chi connectivity index (χ0) is 22.4. The van der Waals surface area contributed by atoms with E-state index in [-0.39, 0.29) is 11.5 Å². The van der Waals surface area contributed by atoms with Crippen molar-refractivity contribution in [1.82, 2.24) is 16.0 Å². The first-order valence-corrected chi connectivity index (χ1v) is 10.7. The lowest BCUT2D eigenvalue weighted by atomic mass is 9.93. The first-order chi connectivity index (χ1) is 14.9. The quantitative estimate of drug-likeness (QED) is 0.704. The van der Waals surface area contributed by atoms with Gasteiger partial charge < -0.3 is 20.7 Å². The SMILES string of the molecule is C1CCNC1.CNC(=O)c1ccc(Cc2cc3c(c(C)c2C)OCCNC3=O)cc1F. The Morgan fingerprint density at radius 3 is 2.48 bits per heavy atom. The molecule has 2 heterocycles. The normalized spacial score (nSPS) is 15.0. The summed E-state index contributed by atoms with van der Waals surface area (Å²) in [4.78, 5) is 23.9. The molecule has 2 aromatic carbocycles. The highest BCUT2D eigenvalue weighted by atomic mass is 19.1. The molecule has 31 heavy (non-hydrogen) atoms. The van der Waals surface area contributed by atoms with Gasteiger partial charge in [-0.2, -0.15) is 0 Å². The number of benzene rings is 2. The minimum absolute atomic E-state index is 0.0128. The molecule has 2 aliphatic rings. The second-order valence-corrected chi connectivity index (χ2v) is 7.79. The van der Waals surface area contributed by atoms with Crippen LogP contribution in [0.2, 0.25) is 0 Å². The van der Waals surface area contributed by atoms with Crippen LogP contribution >= 0.6 is 0 Å². The van der Waals surface area contributed by atoms with Gasteiger partial charge in [-0.15, -0.1) is 0 Å². The number of carbonyl (C=O) groups excluding carboxylic acids is 2. The molecule has 0 radical (unpaired) electrons. The van der Waals surface area contributed by atoms with Crippen molar-refractivity contribution in [2.75, 3.05) is 33.3 Å². The van der Waals surface area contributed by atoms with Crippen molar-refractivity contribution in [2.24, 2.45) is 0 Å². The average Bonchev–Trinajstić information content (AvgIpc) is 3.29. The molecule has 0 aliphatic carbocycles. The van der Waals surface area contributed by atoms with Crippen LogP contribution in [-0.4, -0.2) is 45.1 Å². The first kappa shape index (κ1) is 22.7. The lowest BCUT2D eigenvalue weighted by Gasteiger charge is -2.16. The van der Waals surface area contributed by atoms with Gasteiger partial charge in [0.2, 0.25) is 0 Å². The highest BCUT2D eigenvalue weighted by Crippen LogP contribution is 2.31. The summed E-state index contributed by atoms with van der Waals surface area (Å²) >= 11 is 0. The molecule has 0 saturated carbocycles. The van der Waals surface area contributed by atoms with Crippen molar-refractivity contribution < 1.29 is 18.7 Å². The minimum atomic E-state index is -0.563. The summed E-state index contributed by atoms with van der Waals surface area (Å²) in [5.41, 5.74) is 4.09. The zero-order valence-corrected chi connectivity index (χ0v) is 18.4. The lowest BCUT2D eigenvalue weighted by molar-refractivity contribution is 0.0949. The lowest BCUT2D eigenvalue weighted by Crippen LogP contribution is -2.24. The van der Waals surface area contributed by atoms with E-state index >= 15 is 0 Å². The summed E-state index contributed by atoms with van der Waals surface area (Å²) in [7, 11) is 1.46. The second kappa shape index (κ2) is 10.4. The number of amides is 2. The third-order valence-electron chi connectivity index (χ3n) is 5.68. The number of halogens is 1. The Kier molecular flexibility index (Phi) is 7.63. The Morgan fingerprint density at radius 1 is 1.13 bits per heavy atom. The Hall–Kier alpha value is -2.93. The largest absolute Gasteiger partial charge is 0.491 e. The fourth-order valence-electron chi connectivity index (χ4n) is 3.74. The summed E-state index contributed by atoms with van der Waals surface area (Å²) in [6.45, 7) is 7.29. The molecule has 2 aliphatic heterocycles. The fraction of sp³-hybridized carbons (Fsp3) is 0.417. The molecule has 0 atom stereocenters. The van der Waals surface area contributed by atoms with E-state index in [2.05, 4.69) is 16.0 Å². The van der Waals surface area contributed by atoms with E-state index < -0.39 is 11.7 Å². The van der Waals surface area contributed by atoms with E-state index in [4.69, 9.17) is 4.74 Å². The van der Waals surface area contributed by atoms with Crippen molar-refractivity contribution in [2.45, 2.75) is 33.1 Å². The van der Waals surface area contributed by atoms with Gasteiger partial charge in [-0.1, -0.05) is 6.07 Å². The van der Waals surface area contributed by atoms with E-state index in [1.165, 1.54) is 45.1 Å². The number of rotatable bonds is 3. The minimum Gasteiger partial charge on any atom is -0.491 e. The highest BCUT2D eigenvalue weighted by Gasteiger charge is 2.22. The smallest absolute Gasteiger partial charge is 0.255 e. The van der Waals surface area contributed by atoms with Crippen LogP contribution in [0.15, 0.2) is 24.3 Å². The summed E-state index contributed by atoms with van der Waals surface area (Å²) < 4.78 is 19.9. The van der Waals surface area contributed by atoms with E-state index in [1.807, 2.05) is 19.9 Å². The Morgan fingerprint density at radius 2 is 1.87 bits per heavy atom. The van der Waals surface area contributed by atoms with Crippen LogP contribution in [0.3, 0.4) is 0 Å². The molecule has 6 nitrogen and oxygen atoms in total. The molecule has 0 spiro atoms. The predicted molar refractivity (Wildman–Crippen MR) is 118 cm³/mol. The highest BCUT2D eigenvalue weighted by molar-refractivity contribution is 5.98. The summed E-state index contributed by atoms with van der Waals surface area (Å²) in [5.74, 6) is -0.572. The first-order valence-electron chi connectivity index (χ1n) is 10.7. The maximum atomic E-state index is 14.2. The van der Waals surface area contributed by atoms with Crippen LogP contribution in [0.5, 0.6) is 5.75 Å². The molecule has 2 amide bonds. The maximum Gasteiger partial charge on any atom is 0.255 e. The fourth-order valence-corrected chi connectivity index (χ4v) is 3.74. The van der Waals surface area contributed by atoms with Crippen LogP contribution in [0, 0.1) is 19.7 Å². The molecular formula is C24H30FN3O3. The van der Waals surface area contributed by atoms with Gasteiger partial charge >= 0.3 is 0 Å². The van der Waals surface area contributed by atoms with Gasteiger partial charge in [0.1, 0.15) is 18.2 Å². The Bertz CT molecular complexity index is 963. The topological polar surface area (TPSA) is 79.5 Å². The van der Waals surface area contributed by atoms with Crippen molar-refractivity contribution in [1.29, 1.82) is 0 Å². The van der Waals surface area contributed by atoms with E-state index in [0.29, 0.717) is 30.9 Å². The van der Waals surface area contributed by atoms with E-state index in [1.54, 1.807) is 6.07 Å². The molecule has 2 aromatic rings. The van der Waals surface area contributed by atoms with Crippen molar-refractivity contribution in [3.8, 4) is 5.75 Å². The number of ether oxygens (including phenoxy) is 1. The van der Waals surface area contributed by atoms with Crippen LogP contribution in [0.4, 0.5) is 4.39 Å². The van der Waals surface area contributed by atoms with Crippen LogP contribution in [-0.2, 0) is 6.42 Å². The third kappa shape index (κ3) is 5.41. The molecule has 0 unspecified atom stereocenters. The number of nitrogens with one attached hydrogen (secondary N) is 3. The van der Waals surface area contributed by atoms with Gasteiger partial charge in [-0.05, 0) is 86.7 Å². The van der Waals surface area contributed by atoms with Crippen LogP contribution in [0.25, 0.3) is 0 Å². The zero-order valence-electron chi connectivity index (χ0n) is 18.4. The van der Waals surface area contributed by atoms with Gasteiger partial charge in [0, 0.05) is 7.05 Å². The molecule has 1 saturated heterocycles.